The van der Waals surface area contributed by atoms with E-state index in [9.17, 15) is 0 Å². The van der Waals surface area contributed by atoms with Gasteiger partial charge in [0.2, 0.25) is 0 Å². The van der Waals surface area contributed by atoms with Gasteiger partial charge in [-0.2, -0.15) is 0 Å². The number of benzene rings is 17. The highest BCUT2D eigenvalue weighted by atomic mass is 16.3. The van der Waals surface area contributed by atoms with Gasteiger partial charge in [-0.15, -0.1) is 0 Å². The minimum Gasteiger partial charge on any atom is -0.456 e. The highest BCUT2D eigenvalue weighted by Gasteiger charge is 2.22. The Hall–Kier alpha value is -11.4. The zero-order chi connectivity index (χ0) is 57.4. The lowest BCUT2D eigenvalue weighted by Gasteiger charge is -2.20. The molecule has 0 spiro atoms. The van der Waals surface area contributed by atoms with Crippen molar-refractivity contribution >= 4 is 108 Å². The molecule has 0 fully saturated rings. The highest BCUT2D eigenvalue weighted by Crippen LogP contribution is 2.49. The SMILES string of the molecule is c1ccc(-c2ccc3c(-c4ccc(-c5ccc6ccccc6c5)cc4)c4ccccc4c(-c4cccc5ccccc45)c3c2)cc1.c1ccc2cc(-c3c4ccccc4c(-c4cccc5oc6cc7ccccc7cc6c45)c4ccccc34)ccc2c1. The Morgan fingerprint density at radius 3 is 1.18 bits per heavy atom. The molecule has 0 unspecified atom stereocenters. The van der Waals surface area contributed by atoms with Gasteiger partial charge in [-0.05, 0) is 189 Å². The third-order valence-electron chi connectivity index (χ3n) is 18.0. The van der Waals surface area contributed by atoms with Gasteiger partial charge in [-0.1, -0.05) is 291 Å². The summed E-state index contributed by atoms with van der Waals surface area (Å²) in [5.41, 5.74) is 16.8. The van der Waals surface area contributed by atoms with Crippen molar-refractivity contribution < 1.29 is 4.42 Å². The van der Waals surface area contributed by atoms with Crippen LogP contribution in [0.5, 0.6) is 0 Å². The second kappa shape index (κ2) is 20.7. The Labute approximate surface area is 503 Å². The lowest BCUT2D eigenvalue weighted by atomic mass is 9.83. The van der Waals surface area contributed by atoms with Crippen molar-refractivity contribution in [2.45, 2.75) is 0 Å². The van der Waals surface area contributed by atoms with Crippen molar-refractivity contribution in [1.82, 2.24) is 0 Å². The Bertz CT molecular complexity index is 5690. The first-order valence-electron chi connectivity index (χ1n) is 30.0. The average molecular weight is 1100 g/mol. The smallest absolute Gasteiger partial charge is 0.136 e. The van der Waals surface area contributed by atoms with Gasteiger partial charge in [0.15, 0.2) is 0 Å². The van der Waals surface area contributed by atoms with Gasteiger partial charge in [-0.3, -0.25) is 0 Å². The maximum Gasteiger partial charge on any atom is 0.136 e. The van der Waals surface area contributed by atoms with Crippen LogP contribution in [0.2, 0.25) is 0 Å². The molecule has 0 aliphatic heterocycles. The quantitative estimate of drug-likeness (QED) is 0.151. The molecule has 18 aromatic rings. The van der Waals surface area contributed by atoms with E-state index in [2.05, 4.69) is 328 Å². The van der Waals surface area contributed by atoms with Gasteiger partial charge in [0.25, 0.3) is 0 Å². The summed E-state index contributed by atoms with van der Waals surface area (Å²) in [6, 6.07) is 119. The molecule has 0 aliphatic rings. The van der Waals surface area contributed by atoms with Crippen molar-refractivity contribution in [3.63, 3.8) is 0 Å². The third-order valence-corrected chi connectivity index (χ3v) is 18.0. The maximum atomic E-state index is 6.48. The summed E-state index contributed by atoms with van der Waals surface area (Å²) in [4.78, 5) is 0. The normalized spacial score (nSPS) is 11.7. The summed E-state index contributed by atoms with van der Waals surface area (Å²) in [6.07, 6.45) is 0. The van der Waals surface area contributed by atoms with Crippen molar-refractivity contribution in [2.75, 3.05) is 0 Å². The number of hydrogen-bond acceptors (Lipinski definition) is 1. The first-order chi connectivity index (χ1) is 43.1. The summed E-state index contributed by atoms with van der Waals surface area (Å²) in [5, 5.41) is 22.4. The predicted molar refractivity (Wildman–Crippen MR) is 373 cm³/mol. The second-order valence-electron chi connectivity index (χ2n) is 23.0. The molecule has 0 atom stereocenters. The van der Waals surface area contributed by atoms with Crippen LogP contribution in [0.1, 0.15) is 0 Å². The molecule has 18 rings (SSSR count). The Balaban J connectivity index is 0.000000136. The zero-order valence-electron chi connectivity index (χ0n) is 47.6. The lowest BCUT2D eigenvalue weighted by Crippen LogP contribution is -1.92. The van der Waals surface area contributed by atoms with E-state index in [4.69, 9.17) is 4.42 Å². The number of furan rings is 1. The Morgan fingerprint density at radius 1 is 0.161 bits per heavy atom. The highest BCUT2D eigenvalue weighted by molar-refractivity contribution is 6.27. The molecule has 1 heteroatoms. The molecule has 0 radical (unpaired) electrons. The van der Waals surface area contributed by atoms with E-state index in [1.54, 1.807) is 0 Å². The van der Waals surface area contributed by atoms with Crippen LogP contribution in [-0.4, -0.2) is 0 Å². The van der Waals surface area contributed by atoms with E-state index in [1.165, 1.54) is 158 Å². The molecule has 0 bridgehead atoms. The second-order valence-corrected chi connectivity index (χ2v) is 23.0. The molecule has 0 saturated carbocycles. The van der Waals surface area contributed by atoms with Gasteiger partial charge < -0.3 is 4.42 Å². The van der Waals surface area contributed by atoms with E-state index >= 15 is 0 Å². The van der Waals surface area contributed by atoms with Gasteiger partial charge in [0.05, 0.1) is 0 Å². The molecule has 0 aliphatic carbocycles. The van der Waals surface area contributed by atoms with Gasteiger partial charge in [0, 0.05) is 10.8 Å². The van der Waals surface area contributed by atoms with E-state index in [0.717, 1.165) is 16.6 Å². The van der Waals surface area contributed by atoms with E-state index in [0.29, 0.717) is 0 Å². The summed E-state index contributed by atoms with van der Waals surface area (Å²) >= 11 is 0. The molecular formula is C86H54O. The topological polar surface area (TPSA) is 13.1 Å². The maximum absolute atomic E-state index is 6.48. The van der Waals surface area contributed by atoms with Crippen LogP contribution in [0.4, 0.5) is 0 Å². The van der Waals surface area contributed by atoms with Crippen molar-refractivity contribution in [3.8, 4) is 66.8 Å². The van der Waals surface area contributed by atoms with Gasteiger partial charge in [-0.25, -0.2) is 0 Å². The molecule has 0 saturated heterocycles. The van der Waals surface area contributed by atoms with Crippen LogP contribution in [0.3, 0.4) is 0 Å². The molecule has 1 nitrogen and oxygen atoms in total. The van der Waals surface area contributed by atoms with Crippen LogP contribution >= 0.6 is 0 Å². The minimum atomic E-state index is 0.916. The van der Waals surface area contributed by atoms with Crippen LogP contribution in [0.15, 0.2) is 332 Å². The van der Waals surface area contributed by atoms with Crippen molar-refractivity contribution in [3.05, 3.63) is 328 Å². The number of rotatable bonds is 6. The number of fused-ring (bicyclic) bond motifs is 11. The average Bonchev–Trinajstić information content (AvgIpc) is 1.90. The molecule has 404 valence electrons. The summed E-state index contributed by atoms with van der Waals surface area (Å²) in [5.74, 6) is 0. The largest absolute Gasteiger partial charge is 0.456 e. The summed E-state index contributed by atoms with van der Waals surface area (Å²) in [7, 11) is 0. The van der Waals surface area contributed by atoms with Crippen molar-refractivity contribution in [2.24, 2.45) is 0 Å². The molecule has 87 heavy (non-hydrogen) atoms. The summed E-state index contributed by atoms with van der Waals surface area (Å²) < 4.78 is 6.48. The standard InChI is InChI=1S/C46H30.C40H24O/c1-2-11-31(12-3-1)38-27-28-43-44(30-38)46(40-20-10-16-34-14-6-7-17-39(34)40)42-19-9-8-18-41(42)45(43)35-24-21-33(22-25-35)37-26-23-32-13-4-5-15-36(32)29-37;1-2-11-26-22-29(21-20-25(26)10-1)38-30-14-5-7-16-32(30)39(33-17-8-6-15-31(33)38)34-18-9-19-36-40(34)35-23-27-12-3-4-13-28(27)24-37(35)41-36/h1-30H;1-24H. The molecule has 1 heterocycles. The zero-order valence-corrected chi connectivity index (χ0v) is 47.6. The monoisotopic (exact) mass is 1100 g/mol. The summed E-state index contributed by atoms with van der Waals surface area (Å²) in [6.45, 7) is 0. The van der Waals surface area contributed by atoms with Crippen molar-refractivity contribution in [1.29, 1.82) is 0 Å². The van der Waals surface area contributed by atoms with E-state index < -0.39 is 0 Å². The fourth-order valence-corrected chi connectivity index (χ4v) is 14.0. The van der Waals surface area contributed by atoms with Gasteiger partial charge >= 0.3 is 0 Å². The van der Waals surface area contributed by atoms with E-state index in [-0.39, 0.29) is 0 Å². The third kappa shape index (κ3) is 8.54. The lowest BCUT2D eigenvalue weighted by molar-refractivity contribution is 0.669. The van der Waals surface area contributed by atoms with Gasteiger partial charge in [0.1, 0.15) is 11.2 Å². The molecule has 0 amide bonds. The molecule has 17 aromatic carbocycles. The van der Waals surface area contributed by atoms with Crippen LogP contribution in [0, 0.1) is 0 Å². The first kappa shape index (κ1) is 50.2. The molecular weight excluding hydrogens is 1050 g/mol. The fraction of sp³-hybridized carbons (Fsp3) is 0. The van der Waals surface area contributed by atoms with Crippen LogP contribution in [-0.2, 0) is 0 Å². The minimum absolute atomic E-state index is 0.916. The number of hydrogen-bond donors (Lipinski definition) is 0. The Morgan fingerprint density at radius 2 is 0.552 bits per heavy atom. The first-order valence-corrected chi connectivity index (χ1v) is 30.0. The predicted octanol–water partition coefficient (Wildman–Crippen LogP) is 24.5. The Kier molecular flexibility index (Phi) is 12.0. The molecule has 1 aromatic heterocycles. The fourth-order valence-electron chi connectivity index (χ4n) is 14.0. The van der Waals surface area contributed by atoms with Crippen LogP contribution < -0.4 is 0 Å². The van der Waals surface area contributed by atoms with Crippen LogP contribution in [0.25, 0.3) is 175 Å². The van der Waals surface area contributed by atoms with E-state index in [1.807, 2.05) is 0 Å². The molecule has 0 N–H and O–H groups in total.